The molecule has 1 unspecified atom stereocenters. The Bertz CT molecular complexity index is 442. The Morgan fingerprint density at radius 3 is 2.71 bits per heavy atom. The maximum atomic E-state index is 9.12. The highest BCUT2D eigenvalue weighted by Crippen LogP contribution is 2.35. The Morgan fingerprint density at radius 1 is 1.35 bits per heavy atom. The highest BCUT2D eigenvalue weighted by Gasteiger charge is 2.34. The van der Waals surface area contributed by atoms with Crippen molar-refractivity contribution in [2.45, 2.75) is 39.2 Å². The van der Waals surface area contributed by atoms with Crippen molar-refractivity contribution in [3.8, 4) is 6.07 Å². The summed E-state index contributed by atoms with van der Waals surface area (Å²) in [6.07, 6.45) is 2.10. The molecule has 0 spiro atoms. The SMILES string of the molecule is Cc1ccccc1N1CC(C#N)CCC1(C)C. The molecule has 1 aliphatic heterocycles. The molecule has 2 nitrogen and oxygen atoms in total. The molecular weight excluding hydrogens is 208 g/mol. The van der Waals surface area contributed by atoms with Gasteiger partial charge in [-0.15, -0.1) is 0 Å². The summed E-state index contributed by atoms with van der Waals surface area (Å²) in [5, 5.41) is 9.12. The zero-order valence-electron chi connectivity index (χ0n) is 10.9. The molecule has 1 aromatic rings. The van der Waals surface area contributed by atoms with Gasteiger partial charge in [0.25, 0.3) is 0 Å². The summed E-state index contributed by atoms with van der Waals surface area (Å²) in [5.41, 5.74) is 2.72. The molecule has 0 aromatic heterocycles. The molecule has 1 aromatic carbocycles. The van der Waals surface area contributed by atoms with Crippen molar-refractivity contribution < 1.29 is 0 Å². The highest BCUT2D eigenvalue weighted by atomic mass is 15.2. The van der Waals surface area contributed by atoms with Gasteiger partial charge in [0.05, 0.1) is 12.0 Å². The predicted octanol–water partition coefficient (Wildman–Crippen LogP) is 3.51. The molecule has 0 aliphatic carbocycles. The average molecular weight is 228 g/mol. The van der Waals surface area contributed by atoms with Crippen LogP contribution in [-0.4, -0.2) is 12.1 Å². The van der Waals surface area contributed by atoms with E-state index >= 15 is 0 Å². The van der Waals surface area contributed by atoms with Crippen LogP contribution in [-0.2, 0) is 0 Å². The van der Waals surface area contributed by atoms with Gasteiger partial charge >= 0.3 is 0 Å². The molecule has 0 radical (unpaired) electrons. The number of aryl methyl sites for hydroxylation is 1. The van der Waals surface area contributed by atoms with Gasteiger partial charge in [-0.3, -0.25) is 0 Å². The van der Waals surface area contributed by atoms with E-state index in [-0.39, 0.29) is 11.5 Å². The summed E-state index contributed by atoms with van der Waals surface area (Å²) in [5.74, 6) is 0.169. The monoisotopic (exact) mass is 228 g/mol. The third-order valence-corrected chi connectivity index (χ3v) is 3.83. The number of hydrogen-bond donors (Lipinski definition) is 0. The van der Waals surface area contributed by atoms with E-state index in [0.717, 1.165) is 19.4 Å². The first-order valence-electron chi connectivity index (χ1n) is 6.27. The van der Waals surface area contributed by atoms with Crippen molar-refractivity contribution in [2.75, 3.05) is 11.4 Å². The predicted molar refractivity (Wildman–Crippen MR) is 70.9 cm³/mol. The number of nitrogens with zero attached hydrogens (tertiary/aromatic N) is 2. The Labute approximate surface area is 104 Å². The average Bonchev–Trinajstić information content (AvgIpc) is 2.30. The highest BCUT2D eigenvalue weighted by molar-refractivity contribution is 5.55. The number of benzene rings is 1. The van der Waals surface area contributed by atoms with Gasteiger partial charge in [0, 0.05) is 17.8 Å². The summed E-state index contributed by atoms with van der Waals surface area (Å²) < 4.78 is 0. The molecular formula is C15H20N2. The summed E-state index contributed by atoms with van der Waals surface area (Å²) in [6, 6.07) is 10.9. The van der Waals surface area contributed by atoms with Gasteiger partial charge < -0.3 is 4.90 Å². The van der Waals surface area contributed by atoms with E-state index in [9.17, 15) is 0 Å². The number of piperidine rings is 1. The minimum absolute atomic E-state index is 0.152. The first-order valence-corrected chi connectivity index (χ1v) is 6.27. The summed E-state index contributed by atoms with van der Waals surface area (Å²) >= 11 is 0. The number of para-hydroxylation sites is 1. The smallest absolute Gasteiger partial charge is 0.0674 e. The van der Waals surface area contributed by atoms with Gasteiger partial charge in [-0.25, -0.2) is 0 Å². The van der Waals surface area contributed by atoms with Crippen molar-refractivity contribution >= 4 is 5.69 Å². The second kappa shape index (κ2) is 4.41. The molecule has 1 fully saturated rings. The first kappa shape index (κ1) is 12.0. The topological polar surface area (TPSA) is 27.0 Å². The van der Waals surface area contributed by atoms with Crippen LogP contribution in [0.1, 0.15) is 32.3 Å². The lowest BCUT2D eigenvalue weighted by Crippen LogP contribution is -2.50. The molecule has 0 saturated carbocycles. The molecule has 1 aliphatic rings. The van der Waals surface area contributed by atoms with Gasteiger partial charge in [0.2, 0.25) is 0 Å². The molecule has 0 bridgehead atoms. The van der Waals surface area contributed by atoms with Gasteiger partial charge in [-0.1, -0.05) is 18.2 Å². The lowest BCUT2D eigenvalue weighted by atomic mass is 9.84. The van der Waals surface area contributed by atoms with Gasteiger partial charge in [-0.05, 0) is 45.2 Å². The fourth-order valence-corrected chi connectivity index (χ4v) is 2.62. The zero-order valence-corrected chi connectivity index (χ0v) is 10.9. The second-order valence-electron chi connectivity index (χ2n) is 5.57. The van der Waals surface area contributed by atoms with Crippen molar-refractivity contribution in [1.29, 1.82) is 5.26 Å². The summed E-state index contributed by atoms with van der Waals surface area (Å²) in [4.78, 5) is 2.40. The third-order valence-electron chi connectivity index (χ3n) is 3.83. The molecule has 2 rings (SSSR count). The molecule has 90 valence electrons. The minimum Gasteiger partial charge on any atom is -0.365 e. The Morgan fingerprint density at radius 2 is 2.06 bits per heavy atom. The van der Waals surface area contributed by atoms with Crippen molar-refractivity contribution in [3.63, 3.8) is 0 Å². The van der Waals surface area contributed by atoms with Gasteiger partial charge in [0.15, 0.2) is 0 Å². The van der Waals surface area contributed by atoms with E-state index in [1.165, 1.54) is 11.3 Å². The first-order chi connectivity index (χ1) is 8.04. The lowest BCUT2D eigenvalue weighted by Gasteiger charge is -2.46. The van der Waals surface area contributed by atoms with Crippen LogP contribution in [0.3, 0.4) is 0 Å². The van der Waals surface area contributed by atoms with Crippen LogP contribution < -0.4 is 4.90 Å². The fraction of sp³-hybridized carbons (Fsp3) is 0.533. The second-order valence-corrected chi connectivity index (χ2v) is 5.57. The van der Waals surface area contributed by atoms with Crippen LogP contribution in [0.25, 0.3) is 0 Å². The maximum absolute atomic E-state index is 9.12. The number of anilines is 1. The van der Waals surface area contributed by atoms with E-state index < -0.39 is 0 Å². The quantitative estimate of drug-likeness (QED) is 0.735. The van der Waals surface area contributed by atoms with E-state index in [0.29, 0.717) is 0 Å². The molecule has 0 N–H and O–H groups in total. The van der Waals surface area contributed by atoms with Crippen LogP contribution in [0.5, 0.6) is 0 Å². The van der Waals surface area contributed by atoms with Crippen LogP contribution in [0.2, 0.25) is 0 Å². The minimum atomic E-state index is 0.152. The molecule has 17 heavy (non-hydrogen) atoms. The largest absolute Gasteiger partial charge is 0.365 e. The standard InChI is InChI=1S/C15H20N2/c1-12-6-4-5-7-14(12)17-11-13(10-16)8-9-15(17,2)3/h4-7,13H,8-9,11H2,1-3H3. The fourth-order valence-electron chi connectivity index (χ4n) is 2.62. The van der Waals surface area contributed by atoms with Crippen LogP contribution in [0.4, 0.5) is 5.69 Å². The van der Waals surface area contributed by atoms with E-state index in [4.69, 9.17) is 5.26 Å². The molecule has 1 heterocycles. The maximum Gasteiger partial charge on any atom is 0.0674 e. The van der Waals surface area contributed by atoms with Crippen LogP contribution >= 0.6 is 0 Å². The number of rotatable bonds is 1. The third kappa shape index (κ3) is 2.29. The van der Waals surface area contributed by atoms with Crippen molar-refractivity contribution in [3.05, 3.63) is 29.8 Å². The van der Waals surface area contributed by atoms with E-state index in [1.807, 2.05) is 0 Å². The molecule has 1 saturated heterocycles. The molecule has 0 amide bonds. The number of hydrogen-bond acceptors (Lipinski definition) is 2. The summed E-state index contributed by atoms with van der Waals surface area (Å²) in [6.45, 7) is 7.54. The van der Waals surface area contributed by atoms with E-state index in [2.05, 4.69) is 56.0 Å². The Kier molecular flexibility index (Phi) is 3.11. The Balaban J connectivity index is 2.34. The van der Waals surface area contributed by atoms with Gasteiger partial charge in [0.1, 0.15) is 0 Å². The van der Waals surface area contributed by atoms with Crippen molar-refractivity contribution in [1.82, 2.24) is 0 Å². The van der Waals surface area contributed by atoms with Crippen molar-refractivity contribution in [2.24, 2.45) is 5.92 Å². The lowest BCUT2D eigenvalue weighted by molar-refractivity contribution is 0.325. The summed E-state index contributed by atoms with van der Waals surface area (Å²) in [7, 11) is 0. The van der Waals surface area contributed by atoms with Crippen LogP contribution in [0.15, 0.2) is 24.3 Å². The number of nitriles is 1. The van der Waals surface area contributed by atoms with Gasteiger partial charge in [-0.2, -0.15) is 5.26 Å². The van der Waals surface area contributed by atoms with Crippen LogP contribution in [0, 0.1) is 24.2 Å². The zero-order chi connectivity index (χ0) is 12.5. The molecule has 2 heteroatoms. The Hall–Kier alpha value is -1.49. The normalized spacial score (nSPS) is 23.2. The van der Waals surface area contributed by atoms with E-state index in [1.54, 1.807) is 0 Å². The molecule has 1 atom stereocenters.